The molecule has 5 nitrogen and oxygen atoms in total. The van der Waals surface area contributed by atoms with Crippen molar-refractivity contribution in [3.8, 4) is 0 Å². The number of carbonyl (C=O) groups is 2. The molecule has 2 heterocycles. The molecule has 1 aliphatic heterocycles. The molecule has 1 N–H and O–H groups in total. The minimum Gasteiger partial charge on any atom is -0.461 e. The lowest BCUT2D eigenvalue weighted by Crippen LogP contribution is -2.57. The van der Waals surface area contributed by atoms with Gasteiger partial charge in [-0.15, -0.1) is 11.3 Å². The van der Waals surface area contributed by atoms with E-state index in [9.17, 15) is 14.7 Å². The lowest BCUT2D eigenvalue weighted by atomic mass is 9.46. The SMILES string of the molecule is C=C1CC[C@@H]2[C@](C)(COC(=O)c3cccs3)[C@H](O)CC[C@@]2(C)[C@@H]1C/C=C1\C=COC1=O. The van der Waals surface area contributed by atoms with Crippen molar-refractivity contribution in [2.75, 3.05) is 6.61 Å². The van der Waals surface area contributed by atoms with E-state index in [-0.39, 0.29) is 35.8 Å². The van der Waals surface area contributed by atoms with Crippen LogP contribution in [0.25, 0.3) is 0 Å². The highest BCUT2D eigenvalue weighted by atomic mass is 32.1. The zero-order valence-electron chi connectivity index (χ0n) is 18.1. The van der Waals surface area contributed by atoms with Gasteiger partial charge >= 0.3 is 11.9 Å². The van der Waals surface area contributed by atoms with Gasteiger partial charge < -0.3 is 14.6 Å². The Bertz CT molecular complexity index is 930. The van der Waals surface area contributed by atoms with Gasteiger partial charge in [-0.1, -0.05) is 38.1 Å². The quantitative estimate of drug-likeness (QED) is 0.393. The number of hydrogen-bond acceptors (Lipinski definition) is 6. The highest BCUT2D eigenvalue weighted by Crippen LogP contribution is 2.62. The molecule has 3 aliphatic rings. The van der Waals surface area contributed by atoms with Gasteiger partial charge in [-0.2, -0.15) is 0 Å². The van der Waals surface area contributed by atoms with Crippen LogP contribution in [0.3, 0.4) is 0 Å². The molecular formula is C25H30O5S. The number of allylic oxidation sites excluding steroid dienone is 2. The smallest absolute Gasteiger partial charge is 0.348 e. The van der Waals surface area contributed by atoms with Crippen LogP contribution in [0, 0.1) is 22.7 Å². The summed E-state index contributed by atoms with van der Waals surface area (Å²) in [5, 5.41) is 12.9. The molecule has 0 amide bonds. The Labute approximate surface area is 187 Å². The van der Waals surface area contributed by atoms with Crippen molar-refractivity contribution < 1.29 is 24.2 Å². The summed E-state index contributed by atoms with van der Waals surface area (Å²) >= 11 is 1.36. The fraction of sp³-hybridized carbons (Fsp3) is 0.520. The molecule has 0 aromatic carbocycles. The topological polar surface area (TPSA) is 72.8 Å². The van der Waals surface area contributed by atoms with E-state index in [2.05, 4.69) is 20.4 Å². The standard InChI is InChI=1S/C25H30O5S/c1-16-6-9-20-24(2,18(16)8-7-17-11-13-29-22(17)27)12-10-21(26)25(20,3)15-30-23(28)19-5-4-14-31-19/h4-5,7,11,13-14,18,20-21,26H,1,6,8-10,12,15H2,2-3H3/b17-7+/t18-,20+,21-,24+,25+/m1/s1. The molecule has 0 spiro atoms. The average molecular weight is 443 g/mol. The summed E-state index contributed by atoms with van der Waals surface area (Å²) in [7, 11) is 0. The van der Waals surface area contributed by atoms with E-state index >= 15 is 0 Å². The largest absolute Gasteiger partial charge is 0.461 e. The first kappa shape index (κ1) is 22.0. The fourth-order valence-electron chi connectivity index (χ4n) is 6.00. The normalized spacial score (nSPS) is 36.4. The maximum Gasteiger partial charge on any atom is 0.348 e. The van der Waals surface area contributed by atoms with Crippen LogP contribution in [-0.4, -0.2) is 29.8 Å². The maximum absolute atomic E-state index is 12.5. The van der Waals surface area contributed by atoms with Crippen molar-refractivity contribution in [1.29, 1.82) is 0 Å². The second-order valence-electron chi connectivity index (χ2n) is 9.52. The molecule has 31 heavy (non-hydrogen) atoms. The number of fused-ring (bicyclic) bond motifs is 1. The number of ether oxygens (including phenoxy) is 2. The van der Waals surface area contributed by atoms with Gasteiger partial charge in [-0.25, -0.2) is 9.59 Å². The van der Waals surface area contributed by atoms with Crippen LogP contribution in [0.4, 0.5) is 0 Å². The molecule has 0 radical (unpaired) electrons. The monoisotopic (exact) mass is 442 g/mol. The van der Waals surface area contributed by atoms with E-state index in [4.69, 9.17) is 9.47 Å². The number of aliphatic hydroxyl groups is 1. The van der Waals surface area contributed by atoms with Crippen molar-refractivity contribution in [2.45, 2.75) is 52.1 Å². The van der Waals surface area contributed by atoms with Gasteiger partial charge in [0.25, 0.3) is 0 Å². The summed E-state index contributed by atoms with van der Waals surface area (Å²) < 4.78 is 10.6. The zero-order valence-corrected chi connectivity index (χ0v) is 19.0. The summed E-state index contributed by atoms with van der Waals surface area (Å²) in [6.07, 6.45) is 8.57. The van der Waals surface area contributed by atoms with Gasteiger partial charge in [0.05, 0.1) is 24.5 Å². The van der Waals surface area contributed by atoms with Crippen molar-refractivity contribution >= 4 is 23.3 Å². The number of hydrogen-bond donors (Lipinski definition) is 1. The van der Waals surface area contributed by atoms with Crippen LogP contribution in [0.15, 0.2) is 53.7 Å². The summed E-state index contributed by atoms with van der Waals surface area (Å²) in [5.41, 5.74) is 1.16. The first-order valence-corrected chi connectivity index (χ1v) is 11.8. The van der Waals surface area contributed by atoms with Crippen molar-refractivity contribution in [1.82, 2.24) is 0 Å². The van der Waals surface area contributed by atoms with E-state index in [0.717, 1.165) is 19.3 Å². The molecule has 5 atom stereocenters. The van der Waals surface area contributed by atoms with Gasteiger partial charge in [-0.05, 0) is 66.9 Å². The number of aliphatic hydroxyl groups excluding tert-OH is 1. The lowest BCUT2D eigenvalue weighted by Gasteiger charge is -2.60. The van der Waals surface area contributed by atoms with Crippen LogP contribution in [0.5, 0.6) is 0 Å². The average Bonchev–Trinajstić information content (AvgIpc) is 3.41. The Kier molecular flexibility index (Phi) is 5.97. The second kappa shape index (κ2) is 8.40. The number of carbonyl (C=O) groups excluding carboxylic acids is 2. The minimum atomic E-state index is -0.530. The first-order valence-electron chi connectivity index (χ1n) is 10.9. The van der Waals surface area contributed by atoms with Crippen LogP contribution >= 0.6 is 11.3 Å². The van der Waals surface area contributed by atoms with Crippen LogP contribution in [0.1, 0.15) is 55.6 Å². The molecular weight excluding hydrogens is 412 g/mol. The molecule has 0 saturated heterocycles. The van der Waals surface area contributed by atoms with Crippen molar-refractivity contribution in [3.05, 3.63) is 58.5 Å². The third-order valence-corrected chi connectivity index (χ3v) is 8.67. The van der Waals surface area contributed by atoms with Gasteiger partial charge in [0.15, 0.2) is 0 Å². The molecule has 2 aliphatic carbocycles. The predicted octanol–water partition coefficient (Wildman–Crippen LogP) is 5.04. The Hall–Kier alpha value is -2.18. The number of cyclic esters (lactones) is 1. The molecule has 1 aromatic heterocycles. The van der Waals surface area contributed by atoms with E-state index in [1.807, 2.05) is 17.5 Å². The molecule has 6 heteroatoms. The molecule has 166 valence electrons. The highest BCUT2D eigenvalue weighted by molar-refractivity contribution is 7.11. The van der Waals surface area contributed by atoms with Crippen molar-refractivity contribution in [3.63, 3.8) is 0 Å². The maximum atomic E-state index is 12.5. The molecule has 2 fully saturated rings. The van der Waals surface area contributed by atoms with Gasteiger partial charge in [0.2, 0.25) is 0 Å². The van der Waals surface area contributed by atoms with Gasteiger partial charge in [0.1, 0.15) is 4.88 Å². The summed E-state index contributed by atoms with van der Waals surface area (Å²) in [6.45, 7) is 8.89. The molecule has 4 rings (SSSR count). The number of rotatable bonds is 5. The fourth-order valence-corrected chi connectivity index (χ4v) is 6.62. The Morgan fingerprint density at radius 3 is 2.90 bits per heavy atom. The second-order valence-corrected chi connectivity index (χ2v) is 10.5. The number of esters is 2. The van der Waals surface area contributed by atoms with Crippen LogP contribution in [0.2, 0.25) is 0 Å². The Balaban J connectivity index is 1.56. The van der Waals surface area contributed by atoms with E-state index in [1.165, 1.54) is 23.2 Å². The first-order chi connectivity index (χ1) is 14.8. The lowest BCUT2D eigenvalue weighted by molar-refractivity contribution is -0.152. The Morgan fingerprint density at radius 1 is 1.42 bits per heavy atom. The van der Waals surface area contributed by atoms with Crippen LogP contribution in [-0.2, 0) is 14.3 Å². The van der Waals surface area contributed by atoms with E-state index < -0.39 is 11.5 Å². The summed E-state index contributed by atoms with van der Waals surface area (Å²) in [4.78, 5) is 24.9. The number of thiophene rings is 1. The zero-order chi connectivity index (χ0) is 22.2. The van der Waals surface area contributed by atoms with E-state index in [0.29, 0.717) is 23.3 Å². The molecule has 2 saturated carbocycles. The predicted molar refractivity (Wildman–Crippen MR) is 119 cm³/mol. The third-order valence-electron chi connectivity index (χ3n) is 7.82. The Morgan fingerprint density at radius 2 is 2.23 bits per heavy atom. The van der Waals surface area contributed by atoms with Gasteiger partial charge in [0, 0.05) is 5.41 Å². The highest BCUT2D eigenvalue weighted by Gasteiger charge is 2.58. The molecule has 0 unspecified atom stereocenters. The third kappa shape index (κ3) is 3.92. The summed E-state index contributed by atoms with van der Waals surface area (Å²) in [5.74, 6) is -0.267. The summed E-state index contributed by atoms with van der Waals surface area (Å²) in [6, 6.07) is 3.59. The minimum absolute atomic E-state index is 0.0953. The van der Waals surface area contributed by atoms with Gasteiger partial charge in [-0.3, -0.25) is 0 Å². The van der Waals surface area contributed by atoms with Crippen LogP contribution < -0.4 is 0 Å². The van der Waals surface area contributed by atoms with Crippen molar-refractivity contribution in [2.24, 2.45) is 22.7 Å². The van der Waals surface area contributed by atoms with E-state index in [1.54, 1.807) is 12.1 Å². The molecule has 1 aromatic rings. The molecule has 0 bridgehead atoms.